The predicted octanol–water partition coefficient (Wildman–Crippen LogP) is 4.97. The summed E-state index contributed by atoms with van der Waals surface area (Å²) in [6.07, 6.45) is 4.11. The smallest absolute Gasteiger partial charge is 0.252 e. The molecule has 42 heavy (non-hydrogen) atoms. The monoisotopic (exact) mass is 572 g/mol. The highest BCUT2D eigenvalue weighted by atomic mass is 16.5. The highest BCUT2D eigenvalue weighted by Crippen LogP contribution is 2.36. The van der Waals surface area contributed by atoms with Crippen molar-refractivity contribution in [2.45, 2.75) is 66.1 Å². The number of pyridine rings is 2. The first-order valence-corrected chi connectivity index (χ1v) is 15.6. The second-order valence-corrected chi connectivity index (χ2v) is 12.1. The van der Waals surface area contributed by atoms with Crippen LogP contribution in [0.2, 0.25) is 0 Å². The highest BCUT2D eigenvalue weighted by molar-refractivity contribution is 5.73. The molecule has 2 aliphatic heterocycles. The summed E-state index contributed by atoms with van der Waals surface area (Å²) in [7, 11) is 2.18. The number of aromatic amines is 1. The van der Waals surface area contributed by atoms with E-state index in [0.717, 1.165) is 87.0 Å². The highest BCUT2D eigenvalue weighted by Gasteiger charge is 2.25. The number of rotatable bonds is 9. The van der Waals surface area contributed by atoms with E-state index in [1.807, 2.05) is 26.1 Å². The summed E-state index contributed by atoms with van der Waals surface area (Å²) in [5.41, 5.74) is 8.79. The first-order chi connectivity index (χ1) is 20.2. The van der Waals surface area contributed by atoms with Crippen molar-refractivity contribution < 1.29 is 4.74 Å². The van der Waals surface area contributed by atoms with Gasteiger partial charge in [0.1, 0.15) is 5.82 Å². The first kappa shape index (κ1) is 30.3. The third kappa shape index (κ3) is 6.72. The molecule has 2 aliphatic rings. The van der Waals surface area contributed by atoms with Gasteiger partial charge in [0.05, 0.1) is 0 Å². The van der Waals surface area contributed by atoms with Gasteiger partial charge in [0, 0.05) is 93.3 Å². The molecule has 2 aromatic heterocycles. The summed E-state index contributed by atoms with van der Waals surface area (Å²) in [5.74, 6) is 1.05. The van der Waals surface area contributed by atoms with Crippen LogP contribution in [0.15, 0.2) is 41.3 Å². The van der Waals surface area contributed by atoms with Gasteiger partial charge >= 0.3 is 0 Å². The minimum absolute atomic E-state index is 0.0125. The van der Waals surface area contributed by atoms with Crippen LogP contribution in [0, 0.1) is 20.8 Å². The van der Waals surface area contributed by atoms with Crippen molar-refractivity contribution in [3.63, 3.8) is 0 Å². The number of nitrogens with zero attached hydrogens (tertiary/aromatic N) is 4. The molecule has 0 bridgehead atoms. The number of likely N-dealkylation sites (N-methyl/N-ethyl adjacent to an activating group) is 1. The van der Waals surface area contributed by atoms with Crippen molar-refractivity contribution in [3.05, 3.63) is 74.8 Å². The Bertz CT molecular complexity index is 1400. The van der Waals surface area contributed by atoms with Gasteiger partial charge < -0.3 is 29.7 Å². The van der Waals surface area contributed by atoms with E-state index in [9.17, 15) is 4.79 Å². The standard InChI is InChI=1S/C34H48N6O2/c1-7-40(29-10-16-42-17-11-29)32-20-28(27-8-9-33(36-21-27)39-14-12-38(6)13-15-39)19-30(25(32)4)26(5)35-22-31-23(2)18-24(3)37-34(31)41/h8-9,18-21,26,29,35H,7,10-17,22H2,1-6H3,(H,37,41). The quantitative estimate of drug-likeness (QED) is 0.375. The van der Waals surface area contributed by atoms with Crippen LogP contribution in [0.25, 0.3) is 11.1 Å². The number of ether oxygens (including phenoxy) is 1. The fourth-order valence-corrected chi connectivity index (χ4v) is 6.50. The van der Waals surface area contributed by atoms with Crippen LogP contribution in [0.3, 0.4) is 0 Å². The van der Waals surface area contributed by atoms with E-state index in [4.69, 9.17) is 9.72 Å². The Balaban J connectivity index is 1.48. The third-order valence-corrected chi connectivity index (χ3v) is 9.16. The molecule has 2 fully saturated rings. The number of piperazine rings is 1. The van der Waals surface area contributed by atoms with E-state index in [0.29, 0.717) is 12.6 Å². The summed E-state index contributed by atoms with van der Waals surface area (Å²) in [6.45, 7) is 17.8. The summed E-state index contributed by atoms with van der Waals surface area (Å²) >= 11 is 0. The minimum atomic E-state index is -0.0125. The molecule has 5 rings (SSSR count). The van der Waals surface area contributed by atoms with Gasteiger partial charge in [0.15, 0.2) is 0 Å². The van der Waals surface area contributed by atoms with Crippen molar-refractivity contribution in [3.8, 4) is 11.1 Å². The molecule has 4 heterocycles. The molecular formula is C34H48N6O2. The molecule has 0 spiro atoms. The average molecular weight is 573 g/mol. The summed E-state index contributed by atoms with van der Waals surface area (Å²) in [4.78, 5) is 27.9. The molecule has 3 aromatic rings. The largest absolute Gasteiger partial charge is 0.381 e. The summed E-state index contributed by atoms with van der Waals surface area (Å²) in [6, 6.07) is 11.6. The minimum Gasteiger partial charge on any atom is -0.381 e. The molecule has 2 N–H and O–H groups in total. The van der Waals surface area contributed by atoms with Crippen molar-refractivity contribution in [1.82, 2.24) is 20.2 Å². The van der Waals surface area contributed by atoms with E-state index < -0.39 is 0 Å². The number of benzene rings is 1. The molecule has 0 amide bonds. The molecule has 0 aliphatic carbocycles. The Labute approximate surface area is 251 Å². The van der Waals surface area contributed by atoms with Crippen LogP contribution in [0.4, 0.5) is 11.5 Å². The predicted molar refractivity (Wildman–Crippen MR) is 173 cm³/mol. The number of anilines is 2. The van der Waals surface area contributed by atoms with Crippen LogP contribution in [0.5, 0.6) is 0 Å². The Morgan fingerprint density at radius 2 is 1.81 bits per heavy atom. The maximum atomic E-state index is 12.7. The third-order valence-electron chi connectivity index (χ3n) is 9.16. The molecule has 1 aromatic carbocycles. The van der Waals surface area contributed by atoms with Crippen molar-refractivity contribution in [2.24, 2.45) is 0 Å². The van der Waals surface area contributed by atoms with Gasteiger partial charge in [-0.1, -0.05) is 0 Å². The zero-order chi connectivity index (χ0) is 29.8. The van der Waals surface area contributed by atoms with Crippen molar-refractivity contribution in [1.29, 1.82) is 0 Å². The van der Waals surface area contributed by atoms with Gasteiger partial charge in [-0.15, -0.1) is 0 Å². The Morgan fingerprint density at radius 1 is 1.07 bits per heavy atom. The van der Waals surface area contributed by atoms with Crippen molar-refractivity contribution >= 4 is 11.5 Å². The fraction of sp³-hybridized carbons (Fsp3) is 0.529. The topological polar surface area (TPSA) is 76.7 Å². The molecule has 0 saturated carbocycles. The number of nitrogens with one attached hydrogen (secondary N) is 2. The number of aromatic nitrogens is 2. The lowest BCUT2D eigenvalue weighted by Gasteiger charge is -2.37. The lowest BCUT2D eigenvalue weighted by Crippen LogP contribution is -2.44. The van der Waals surface area contributed by atoms with E-state index in [1.54, 1.807) is 0 Å². The summed E-state index contributed by atoms with van der Waals surface area (Å²) in [5, 5.41) is 3.67. The van der Waals surface area contributed by atoms with Crippen LogP contribution in [-0.4, -0.2) is 73.9 Å². The van der Waals surface area contributed by atoms with Gasteiger partial charge in [-0.05, 0) is 107 Å². The van der Waals surface area contributed by atoms with E-state index >= 15 is 0 Å². The zero-order valence-electron chi connectivity index (χ0n) is 26.3. The molecule has 2 saturated heterocycles. The second-order valence-electron chi connectivity index (χ2n) is 12.1. The molecule has 8 nitrogen and oxygen atoms in total. The summed E-state index contributed by atoms with van der Waals surface area (Å²) < 4.78 is 5.70. The maximum absolute atomic E-state index is 12.7. The number of H-pyrrole nitrogens is 1. The van der Waals surface area contributed by atoms with E-state index in [2.05, 4.69) is 77.1 Å². The SMILES string of the molecule is CCN(c1cc(-c2ccc(N3CCN(C)CC3)nc2)cc(C(C)NCc2c(C)cc(C)[nH]c2=O)c1C)C1CCOCC1. The maximum Gasteiger partial charge on any atom is 0.252 e. The van der Waals surface area contributed by atoms with Gasteiger partial charge in [0.25, 0.3) is 5.56 Å². The van der Waals surface area contributed by atoms with Gasteiger partial charge in [-0.3, -0.25) is 4.79 Å². The fourth-order valence-electron chi connectivity index (χ4n) is 6.50. The molecule has 8 heteroatoms. The molecule has 226 valence electrons. The lowest BCUT2D eigenvalue weighted by atomic mass is 9.93. The second kappa shape index (κ2) is 13.4. The Hall–Kier alpha value is -3.20. The van der Waals surface area contributed by atoms with Crippen LogP contribution < -0.4 is 20.7 Å². The van der Waals surface area contributed by atoms with Crippen molar-refractivity contribution in [2.75, 3.05) is 62.8 Å². The number of hydrogen-bond donors (Lipinski definition) is 2. The van der Waals surface area contributed by atoms with Crippen LogP contribution in [-0.2, 0) is 11.3 Å². The van der Waals surface area contributed by atoms with E-state index in [-0.39, 0.29) is 11.6 Å². The average Bonchev–Trinajstić information content (AvgIpc) is 2.99. The lowest BCUT2D eigenvalue weighted by molar-refractivity contribution is 0.0846. The van der Waals surface area contributed by atoms with Crippen LogP contribution >= 0.6 is 0 Å². The molecule has 0 radical (unpaired) electrons. The first-order valence-electron chi connectivity index (χ1n) is 15.6. The zero-order valence-corrected chi connectivity index (χ0v) is 26.3. The Kier molecular flexibility index (Phi) is 9.66. The van der Waals surface area contributed by atoms with Gasteiger partial charge in [-0.25, -0.2) is 4.98 Å². The molecular weight excluding hydrogens is 524 g/mol. The van der Waals surface area contributed by atoms with E-state index in [1.165, 1.54) is 22.4 Å². The molecule has 1 unspecified atom stereocenters. The molecule has 1 atom stereocenters. The number of hydrogen-bond acceptors (Lipinski definition) is 7. The Morgan fingerprint density at radius 3 is 2.45 bits per heavy atom. The van der Waals surface area contributed by atoms with Crippen LogP contribution in [0.1, 0.15) is 60.7 Å². The van der Waals surface area contributed by atoms with Gasteiger partial charge in [-0.2, -0.15) is 0 Å². The van der Waals surface area contributed by atoms with Gasteiger partial charge in [0.2, 0.25) is 0 Å². The number of aryl methyl sites for hydroxylation is 2. The normalized spacial score (nSPS) is 17.4.